The molecule has 5 heteroatoms. The molecular weight excluding hydrogens is 394 g/mol. The molecule has 2 heterocycles. The smallest absolute Gasteiger partial charge is 0.261 e. The molecule has 0 aliphatic carbocycles. The molecule has 1 aromatic heterocycles. The molecule has 30 heavy (non-hydrogen) atoms. The minimum atomic E-state index is -0.0454. The van der Waals surface area contributed by atoms with Crippen LogP contribution < -0.4 is 14.8 Å². The third-order valence-electron chi connectivity index (χ3n) is 5.30. The van der Waals surface area contributed by atoms with E-state index < -0.39 is 0 Å². The highest BCUT2D eigenvalue weighted by Gasteiger charge is 2.19. The first-order valence-corrected chi connectivity index (χ1v) is 10.7. The average molecular weight is 416 g/mol. The molecule has 0 saturated carbocycles. The number of benzene rings is 3. The zero-order chi connectivity index (χ0) is 20.5. The third-order valence-corrected chi connectivity index (χ3v) is 6.51. The van der Waals surface area contributed by atoms with E-state index in [1.165, 1.54) is 11.1 Å². The Bertz CT molecular complexity index is 1230. The number of aryl methyl sites for hydroxylation is 1. The van der Waals surface area contributed by atoms with E-state index in [4.69, 9.17) is 9.47 Å². The highest BCUT2D eigenvalue weighted by molar-refractivity contribution is 7.21. The van der Waals surface area contributed by atoms with Crippen molar-refractivity contribution in [2.75, 3.05) is 6.79 Å². The van der Waals surface area contributed by atoms with Gasteiger partial charge in [0.05, 0.1) is 4.88 Å². The molecule has 0 spiro atoms. The summed E-state index contributed by atoms with van der Waals surface area (Å²) in [7, 11) is 0. The standard InChI is InChI=1S/C25H21NO3S/c1-16-6-8-17(9-7-16)12-20-19-4-2-3-5-23(19)30-24(20)25(27)26-14-18-10-11-21-22(13-18)29-15-28-21/h2-11,13H,12,14-15H2,1H3,(H,26,27). The van der Waals surface area contributed by atoms with Gasteiger partial charge in [-0.3, -0.25) is 4.79 Å². The van der Waals surface area contributed by atoms with E-state index in [0.29, 0.717) is 6.54 Å². The Morgan fingerprint density at radius 1 is 0.967 bits per heavy atom. The number of ether oxygens (including phenoxy) is 2. The van der Waals surface area contributed by atoms with Crippen LogP contribution in [0.2, 0.25) is 0 Å². The van der Waals surface area contributed by atoms with Crippen molar-refractivity contribution in [3.8, 4) is 11.5 Å². The predicted molar refractivity (Wildman–Crippen MR) is 120 cm³/mol. The van der Waals surface area contributed by atoms with Crippen LogP contribution in [0, 0.1) is 6.92 Å². The van der Waals surface area contributed by atoms with Gasteiger partial charge in [-0.2, -0.15) is 0 Å². The molecule has 4 aromatic rings. The van der Waals surface area contributed by atoms with E-state index in [0.717, 1.165) is 44.0 Å². The monoisotopic (exact) mass is 415 g/mol. The number of hydrogen-bond donors (Lipinski definition) is 1. The fourth-order valence-corrected chi connectivity index (χ4v) is 4.82. The van der Waals surface area contributed by atoms with Crippen molar-refractivity contribution in [1.82, 2.24) is 5.32 Å². The summed E-state index contributed by atoms with van der Waals surface area (Å²) in [5, 5.41) is 4.23. The lowest BCUT2D eigenvalue weighted by atomic mass is 10.0. The number of amides is 1. The van der Waals surface area contributed by atoms with E-state index in [1.54, 1.807) is 11.3 Å². The van der Waals surface area contributed by atoms with Gasteiger partial charge in [0.15, 0.2) is 11.5 Å². The van der Waals surface area contributed by atoms with Crippen LogP contribution in [0.1, 0.15) is 31.9 Å². The van der Waals surface area contributed by atoms with Crippen molar-refractivity contribution in [1.29, 1.82) is 0 Å². The lowest BCUT2D eigenvalue weighted by molar-refractivity contribution is 0.0954. The lowest BCUT2D eigenvalue weighted by Crippen LogP contribution is -2.22. The molecule has 3 aromatic carbocycles. The van der Waals surface area contributed by atoms with Crippen LogP contribution >= 0.6 is 11.3 Å². The maximum absolute atomic E-state index is 13.1. The Morgan fingerprint density at radius 2 is 1.73 bits per heavy atom. The van der Waals surface area contributed by atoms with Crippen LogP contribution in [-0.4, -0.2) is 12.7 Å². The summed E-state index contributed by atoms with van der Waals surface area (Å²) in [4.78, 5) is 13.9. The van der Waals surface area contributed by atoms with Gasteiger partial charge in [-0.15, -0.1) is 11.3 Å². The molecule has 5 rings (SSSR count). The number of rotatable bonds is 5. The summed E-state index contributed by atoms with van der Waals surface area (Å²) in [5.74, 6) is 1.43. The van der Waals surface area contributed by atoms with Crippen LogP contribution in [0.3, 0.4) is 0 Å². The second kappa shape index (κ2) is 7.84. The lowest BCUT2D eigenvalue weighted by Gasteiger charge is -2.08. The summed E-state index contributed by atoms with van der Waals surface area (Å²) in [6, 6.07) is 22.5. The van der Waals surface area contributed by atoms with Gasteiger partial charge in [-0.25, -0.2) is 0 Å². The number of thiophene rings is 1. The van der Waals surface area contributed by atoms with Crippen LogP contribution in [0.4, 0.5) is 0 Å². The van der Waals surface area contributed by atoms with E-state index in [-0.39, 0.29) is 12.7 Å². The number of hydrogen-bond acceptors (Lipinski definition) is 4. The molecule has 0 atom stereocenters. The van der Waals surface area contributed by atoms with E-state index in [2.05, 4.69) is 48.6 Å². The van der Waals surface area contributed by atoms with Crippen molar-refractivity contribution in [2.45, 2.75) is 19.9 Å². The second-order valence-corrected chi connectivity index (χ2v) is 8.49. The minimum Gasteiger partial charge on any atom is -0.454 e. The molecule has 0 bridgehead atoms. The van der Waals surface area contributed by atoms with Crippen molar-refractivity contribution in [2.24, 2.45) is 0 Å². The molecule has 0 radical (unpaired) electrons. The topological polar surface area (TPSA) is 47.6 Å². The van der Waals surface area contributed by atoms with Gasteiger partial charge in [0.1, 0.15) is 0 Å². The highest BCUT2D eigenvalue weighted by Crippen LogP contribution is 2.34. The zero-order valence-electron chi connectivity index (χ0n) is 16.6. The zero-order valence-corrected chi connectivity index (χ0v) is 17.4. The van der Waals surface area contributed by atoms with Gasteiger partial charge < -0.3 is 14.8 Å². The van der Waals surface area contributed by atoms with Crippen molar-refractivity contribution < 1.29 is 14.3 Å². The van der Waals surface area contributed by atoms with Crippen molar-refractivity contribution in [3.05, 3.63) is 93.9 Å². The molecule has 1 amide bonds. The maximum Gasteiger partial charge on any atom is 0.261 e. The van der Waals surface area contributed by atoms with Gasteiger partial charge in [0.25, 0.3) is 5.91 Å². The molecule has 0 unspecified atom stereocenters. The molecule has 150 valence electrons. The fourth-order valence-electron chi connectivity index (χ4n) is 3.68. The Morgan fingerprint density at radius 3 is 2.60 bits per heavy atom. The predicted octanol–water partition coefficient (Wildman–Crippen LogP) is 5.46. The first-order chi connectivity index (χ1) is 14.7. The number of fused-ring (bicyclic) bond motifs is 2. The van der Waals surface area contributed by atoms with Crippen molar-refractivity contribution in [3.63, 3.8) is 0 Å². The fraction of sp³-hybridized carbons (Fsp3) is 0.160. The number of carbonyl (C=O) groups excluding carboxylic acids is 1. The number of nitrogens with one attached hydrogen (secondary N) is 1. The summed E-state index contributed by atoms with van der Waals surface area (Å²) in [5.41, 5.74) is 4.50. The summed E-state index contributed by atoms with van der Waals surface area (Å²) in [6.07, 6.45) is 0.733. The maximum atomic E-state index is 13.1. The molecular formula is C25H21NO3S. The Balaban J connectivity index is 1.41. The number of carbonyl (C=O) groups is 1. The minimum absolute atomic E-state index is 0.0454. The Kier molecular flexibility index (Phi) is 4.89. The van der Waals surface area contributed by atoms with Crippen molar-refractivity contribution >= 4 is 27.3 Å². The van der Waals surface area contributed by atoms with E-state index in [9.17, 15) is 4.79 Å². The van der Waals surface area contributed by atoms with Crippen LogP contribution in [0.15, 0.2) is 66.7 Å². The van der Waals surface area contributed by atoms with Gasteiger partial charge in [0, 0.05) is 11.2 Å². The van der Waals surface area contributed by atoms with Crippen LogP contribution in [0.25, 0.3) is 10.1 Å². The molecule has 1 N–H and O–H groups in total. The van der Waals surface area contributed by atoms with Gasteiger partial charge in [-0.1, -0.05) is 54.1 Å². The summed E-state index contributed by atoms with van der Waals surface area (Å²) in [6.45, 7) is 2.77. The summed E-state index contributed by atoms with van der Waals surface area (Å²) >= 11 is 1.55. The molecule has 4 nitrogen and oxygen atoms in total. The SMILES string of the molecule is Cc1ccc(Cc2c(C(=O)NCc3ccc4c(c3)OCO4)sc3ccccc23)cc1. The summed E-state index contributed by atoms with van der Waals surface area (Å²) < 4.78 is 11.9. The third kappa shape index (κ3) is 3.64. The average Bonchev–Trinajstić information content (AvgIpc) is 3.38. The molecule has 0 fully saturated rings. The molecule has 1 aliphatic heterocycles. The molecule has 0 saturated heterocycles. The largest absolute Gasteiger partial charge is 0.454 e. The van der Waals surface area contributed by atoms with Crippen LogP contribution in [0.5, 0.6) is 11.5 Å². The highest BCUT2D eigenvalue weighted by atomic mass is 32.1. The van der Waals surface area contributed by atoms with Gasteiger partial charge >= 0.3 is 0 Å². The first kappa shape index (κ1) is 18.7. The molecule has 1 aliphatic rings. The van der Waals surface area contributed by atoms with Crippen LogP contribution in [-0.2, 0) is 13.0 Å². The Hall–Kier alpha value is -3.31. The van der Waals surface area contributed by atoms with E-state index in [1.807, 2.05) is 30.3 Å². The quantitative estimate of drug-likeness (QED) is 0.471. The van der Waals surface area contributed by atoms with Gasteiger partial charge in [-0.05, 0) is 53.6 Å². The van der Waals surface area contributed by atoms with E-state index >= 15 is 0 Å². The first-order valence-electron chi connectivity index (χ1n) is 9.90. The second-order valence-electron chi connectivity index (χ2n) is 7.44. The Labute approximate surface area is 179 Å². The normalized spacial score (nSPS) is 12.3. The van der Waals surface area contributed by atoms with Gasteiger partial charge in [0.2, 0.25) is 6.79 Å².